The van der Waals surface area contributed by atoms with Crippen molar-refractivity contribution in [2.75, 3.05) is 6.61 Å². The summed E-state index contributed by atoms with van der Waals surface area (Å²) in [5.41, 5.74) is 0.911. The van der Waals surface area contributed by atoms with Gasteiger partial charge >= 0.3 is 12.0 Å². The van der Waals surface area contributed by atoms with Crippen molar-refractivity contribution >= 4 is 62.9 Å². The summed E-state index contributed by atoms with van der Waals surface area (Å²) in [5, 5.41) is 0.670. The van der Waals surface area contributed by atoms with E-state index in [1.807, 2.05) is 12.1 Å². The molecule has 24 heavy (non-hydrogen) atoms. The number of carbonyl (C=O) groups is 1. The lowest BCUT2D eigenvalue weighted by Gasteiger charge is -2.06. The predicted octanol–water partition coefficient (Wildman–Crippen LogP) is 6.89. The Labute approximate surface area is 164 Å². The van der Waals surface area contributed by atoms with Crippen LogP contribution in [0.2, 0.25) is 11.1 Å². The Morgan fingerprint density at radius 2 is 1.54 bits per heavy atom. The highest BCUT2D eigenvalue weighted by Gasteiger charge is 2.23. The highest BCUT2D eigenvalue weighted by atomic mass is 35.8. The van der Waals surface area contributed by atoms with E-state index in [9.17, 15) is 4.79 Å². The summed E-state index contributed by atoms with van der Waals surface area (Å²) in [5.74, 6) is -0.322. The van der Waals surface area contributed by atoms with Crippen molar-refractivity contribution in [1.82, 2.24) is 0 Å². The van der Waals surface area contributed by atoms with E-state index in [-0.39, 0.29) is 5.97 Å². The lowest BCUT2D eigenvalue weighted by molar-refractivity contribution is -0.137. The Bertz CT molecular complexity index is 512. The second-order valence-corrected chi connectivity index (χ2v) is 15.3. The van der Waals surface area contributed by atoms with E-state index in [4.69, 9.17) is 49.6 Å². The van der Waals surface area contributed by atoms with Gasteiger partial charge in [-0.25, -0.2) is 4.79 Å². The molecule has 2 nitrogen and oxygen atoms in total. The van der Waals surface area contributed by atoms with E-state index < -0.39 is 6.00 Å². The van der Waals surface area contributed by atoms with E-state index >= 15 is 0 Å². The van der Waals surface area contributed by atoms with E-state index in [0.717, 1.165) is 50.1 Å². The van der Waals surface area contributed by atoms with Crippen LogP contribution >= 0.6 is 44.8 Å². The molecule has 0 aliphatic rings. The standard InChI is InChI=1S/C17H22Cl4O2Si/c18-16-10-7-15(8-11-16)9-12-17(22)23-13-5-3-1-2-4-6-14-24(19,20)21/h7-12H,1-6,13-14H2/b12-9+. The lowest BCUT2D eigenvalue weighted by Crippen LogP contribution is -2.07. The Hall–Kier alpha value is -0.193. The number of carbonyl (C=O) groups excluding carboxylic acids is 1. The molecule has 7 heteroatoms. The molecule has 0 saturated carbocycles. The second-order valence-electron chi connectivity index (χ2n) is 5.54. The molecule has 0 aliphatic heterocycles. The summed E-state index contributed by atoms with van der Waals surface area (Å²) in [7, 11) is 0. The molecule has 0 aromatic heterocycles. The minimum absolute atomic E-state index is 0.322. The first kappa shape index (κ1) is 21.8. The lowest BCUT2D eigenvalue weighted by atomic mass is 10.1. The van der Waals surface area contributed by atoms with Crippen molar-refractivity contribution in [3.05, 3.63) is 40.9 Å². The van der Waals surface area contributed by atoms with E-state index in [1.54, 1.807) is 18.2 Å². The van der Waals surface area contributed by atoms with Gasteiger partial charge in [-0.3, -0.25) is 0 Å². The molecule has 0 spiro atoms. The number of halogens is 4. The van der Waals surface area contributed by atoms with Gasteiger partial charge in [-0.2, -0.15) is 0 Å². The van der Waals surface area contributed by atoms with Crippen molar-refractivity contribution in [2.45, 2.75) is 44.6 Å². The zero-order valence-electron chi connectivity index (χ0n) is 13.4. The van der Waals surface area contributed by atoms with Gasteiger partial charge in [0.15, 0.2) is 0 Å². The molecular weight excluding hydrogens is 406 g/mol. The Morgan fingerprint density at radius 3 is 2.17 bits per heavy atom. The van der Waals surface area contributed by atoms with Gasteiger partial charge in [-0.15, -0.1) is 33.2 Å². The molecule has 0 radical (unpaired) electrons. The number of esters is 1. The summed E-state index contributed by atoms with van der Waals surface area (Å²) in [4.78, 5) is 11.6. The monoisotopic (exact) mass is 426 g/mol. The van der Waals surface area contributed by atoms with Gasteiger partial charge in [-0.1, -0.05) is 55.8 Å². The fourth-order valence-corrected chi connectivity index (χ4v) is 4.07. The van der Waals surface area contributed by atoms with Gasteiger partial charge in [0.1, 0.15) is 0 Å². The van der Waals surface area contributed by atoms with Gasteiger partial charge in [-0.05, 0) is 36.2 Å². The van der Waals surface area contributed by atoms with Crippen LogP contribution in [0, 0.1) is 0 Å². The molecule has 0 bridgehead atoms. The average molecular weight is 428 g/mol. The largest absolute Gasteiger partial charge is 0.463 e. The summed E-state index contributed by atoms with van der Waals surface area (Å²) in [6.45, 7) is 0.449. The summed E-state index contributed by atoms with van der Waals surface area (Å²) >= 11 is 23.3. The minimum atomic E-state index is -2.44. The quantitative estimate of drug-likeness (QED) is 0.126. The van der Waals surface area contributed by atoms with Crippen molar-refractivity contribution < 1.29 is 9.53 Å². The molecule has 0 unspecified atom stereocenters. The number of hydrogen-bond acceptors (Lipinski definition) is 2. The summed E-state index contributed by atoms with van der Waals surface area (Å²) < 4.78 is 5.16. The average Bonchev–Trinajstić information content (AvgIpc) is 2.51. The van der Waals surface area contributed by atoms with E-state index in [0.29, 0.717) is 11.6 Å². The van der Waals surface area contributed by atoms with Crippen molar-refractivity contribution in [1.29, 1.82) is 0 Å². The molecule has 134 valence electrons. The first-order valence-corrected chi connectivity index (χ1v) is 13.7. The predicted molar refractivity (Wildman–Crippen MR) is 107 cm³/mol. The second kappa shape index (κ2) is 12.2. The molecular formula is C17H22Cl4O2Si. The van der Waals surface area contributed by atoms with Crippen LogP contribution in [0.4, 0.5) is 0 Å². The summed E-state index contributed by atoms with van der Waals surface area (Å²) in [6, 6.07) is 5.54. The van der Waals surface area contributed by atoms with Gasteiger partial charge in [0.25, 0.3) is 0 Å². The smallest absolute Gasteiger partial charge is 0.341 e. The third-order valence-corrected chi connectivity index (χ3v) is 6.25. The van der Waals surface area contributed by atoms with Crippen molar-refractivity contribution in [3.63, 3.8) is 0 Å². The van der Waals surface area contributed by atoms with Crippen LogP contribution < -0.4 is 0 Å². The normalized spacial score (nSPS) is 11.8. The maximum atomic E-state index is 11.6. The number of benzene rings is 1. The van der Waals surface area contributed by atoms with Crippen LogP contribution in [0.25, 0.3) is 6.08 Å². The fourth-order valence-electron chi connectivity index (χ4n) is 2.09. The van der Waals surface area contributed by atoms with Crippen LogP contribution in [-0.2, 0) is 9.53 Å². The maximum absolute atomic E-state index is 11.6. The van der Waals surface area contributed by atoms with Gasteiger partial charge in [0.2, 0.25) is 0 Å². The Kier molecular flexibility index (Phi) is 11.1. The molecule has 0 atom stereocenters. The maximum Gasteiger partial charge on any atom is 0.341 e. The molecule has 0 N–H and O–H groups in total. The summed E-state index contributed by atoms with van der Waals surface area (Å²) in [6.07, 6.45) is 9.37. The van der Waals surface area contributed by atoms with Crippen molar-refractivity contribution in [3.8, 4) is 0 Å². The number of rotatable bonds is 11. The third-order valence-electron chi connectivity index (χ3n) is 3.38. The molecule has 1 aromatic carbocycles. The highest BCUT2D eigenvalue weighted by Crippen LogP contribution is 2.27. The zero-order chi connectivity index (χ0) is 17.8. The van der Waals surface area contributed by atoms with Crippen LogP contribution in [0.1, 0.15) is 44.1 Å². The Morgan fingerprint density at radius 1 is 0.958 bits per heavy atom. The van der Waals surface area contributed by atoms with Crippen molar-refractivity contribution in [2.24, 2.45) is 0 Å². The van der Waals surface area contributed by atoms with Crippen LogP contribution in [-0.4, -0.2) is 18.6 Å². The molecule has 0 aliphatic carbocycles. The number of unbranched alkanes of at least 4 members (excludes halogenated alkanes) is 5. The van der Waals surface area contributed by atoms with Gasteiger partial charge < -0.3 is 4.74 Å². The highest BCUT2D eigenvalue weighted by molar-refractivity contribution is 7.64. The SMILES string of the molecule is O=C(/C=C/c1ccc(Cl)cc1)OCCCCCCCC[Si](Cl)(Cl)Cl. The van der Waals surface area contributed by atoms with Gasteiger partial charge in [0, 0.05) is 11.1 Å². The molecule has 1 rings (SSSR count). The van der Waals surface area contributed by atoms with E-state index in [1.165, 1.54) is 6.08 Å². The molecule has 0 saturated heterocycles. The number of hydrogen-bond donors (Lipinski definition) is 0. The number of ether oxygens (including phenoxy) is 1. The Balaban J connectivity index is 2.01. The third kappa shape index (κ3) is 12.2. The molecule has 0 heterocycles. The van der Waals surface area contributed by atoms with Crippen LogP contribution in [0.3, 0.4) is 0 Å². The fraction of sp³-hybridized carbons (Fsp3) is 0.471. The minimum Gasteiger partial charge on any atom is -0.463 e. The molecule has 0 amide bonds. The van der Waals surface area contributed by atoms with Crippen LogP contribution in [0.5, 0.6) is 0 Å². The van der Waals surface area contributed by atoms with Gasteiger partial charge in [0.05, 0.1) is 6.61 Å². The molecule has 0 fully saturated rings. The molecule has 1 aromatic rings. The topological polar surface area (TPSA) is 26.3 Å². The van der Waals surface area contributed by atoms with Crippen LogP contribution in [0.15, 0.2) is 30.3 Å². The first-order chi connectivity index (χ1) is 11.4. The van der Waals surface area contributed by atoms with E-state index in [2.05, 4.69) is 0 Å². The first-order valence-electron chi connectivity index (χ1n) is 8.04. The zero-order valence-corrected chi connectivity index (χ0v) is 17.5.